The van der Waals surface area contributed by atoms with Gasteiger partial charge in [-0.05, 0) is 6.07 Å². The summed E-state index contributed by atoms with van der Waals surface area (Å²) in [4.78, 5) is 10.2. The van der Waals surface area contributed by atoms with Gasteiger partial charge in [-0.1, -0.05) is 0 Å². The molecule has 0 aromatic carbocycles. The summed E-state index contributed by atoms with van der Waals surface area (Å²) in [7, 11) is 0. The van der Waals surface area contributed by atoms with Gasteiger partial charge in [-0.3, -0.25) is 4.68 Å². The molecule has 0 bridgehead atoms. The average molecular weight is 181 g/mol. The lowest BCUT2D eigenvalue weighted by Gasteiger charge is -2.03. The van der Waals surface area contributed by atoms with Crippen LogP contribution in [-0.4, -0.2) is 32.1 Å². The van der Waals surface area contributed by atoms with Crippen LogP contribution in [0.15, 0.2) is 12.3 Å². The van der Waals surface area contributed by atoms with E-state index in [9.17, 15) is 4.79 Å². The van der Waals surface area contributed by atoms with Gasteiger partial charge in [0, 0.05) is 6.20 Å². The zero-order valence-electron chi connectivity index (χ0n) is 6.58. The second-order valence-electron chi connectivity index (χ2n) is 2.39. The minimum absolute atomic E-state index is 0.156. The lowest BCUT2D eigenvalue weighted by atomic mass is 10.4. The zero-order valence-corrected chi connectivity index (χ0v) is 6.58. The molecule has 0 fully saturated rings. The minimum atomic E-state index is -1.49. The third-order valence-electron chi connectivity index (χ3n) is 1.40. The standard InChI is InChI=1S/C7H7N3O3/c8-3-5-1-2-10(9-5)4-6(11)7(12)13/h1-2,6,11H,4H2,(H,12,13). The van der Waals surface area contributed by atoms with Crippen molar-refractivity contribution >= 4 is 5.97 Å². The Bertz CT molecular complexity index is 352. The molecule has 1 heterocycles. The molecule has 1 aromatic rings. The minimum Gasteiger partial charge on any atom is -0.479 e. The maximum atomic E-state index is 10.2. The normalized spacial score (nSPS) is 12.0. The van der Waals surface area contributed by atoms with Crippen LogP contribution in [0.2, 0.25) is 0 Å². The smallest absolute Gasteiger partial charge is 0.334 e. The maximum Gasteiger partial charge on any atom is 0.334 e. The predicted molar refractivity (Wildman–Crippen MR) is 40.6 cm³/mol. The first-order chi connectivity index (χ1) is 6.13. The van der Waals surface area contributed by atoms with Crippen LogP contribution in [0.25, 0.3) is 0 Å². The summed E-state index contributed by atoms with van der Waals surface area (Å²) in [5.74, 6) is -1.31. The molecular weight excluding hydrogens is 174 g/mol. The van der Waals surface area contributed by atoms with Crippen molar-refractivity contribution in [1.82, 2.24) is 9.78 Å². The van der Waals surface area contributed by atoms with Crippen molar-refractivity contribution in [2.24, 2.45) is 0 Å². The number of nitrogens with zero attached hydrogens (tertiary/aromatic N) is 3. The van der Waals surface area contributed by atoms with Crippen LogP contribution in [0.5, 0.6) is 0 Å². The van der Waals surface area contributed by atoms with Gasteiger partial charge in [-0.25, -0.2) is 4.79 Å². The topological polar surface area (TPSA) is 99.1 Å². The van der Waals surface area contributed by atoms with E-state index >= 15 is 0 Å². The van der Waals surface area contributed by atoms with E-state index in [-0.39, 0.29) is 12.2 Å². The Balaban J connectivity index is 2.65. The van der Waals surface area contributed by atoms with Crippen molar-refractivity contribution in [3.63, 3.8) is 0 Å². The van der Waals surface area contributed by atoms with Crippen LogP contribution in [-0.2, 0) is 11.3 Å². The number of aliphatic hydroxyl groups is 1. The number of aliphatic carboxylic acids is 1. The van der Waals surface area contributed by atoms with Gasteiger partial charge in [-0.2, -0.15) is 10.4 Å². The predicted octanol–water partition coefficient (Wildman–Crippen LogP) is -0.800. The van der Waals surface area contributed by atoms with Crippen LogP contribution >= 0.6 is 0 Å². The van der Waals surface area contributed by atoms with Gasteiger partial charge in [0.2, 0.25) is 0 Å². The van der Waals surface area contributed by atoms with E-state index in [1.807, 2.05) is 0 Å². The molecule has 0 aliphatic heterocycles. The molecule has 0 saturated heterocycles. The molecular formula is C7H7N3O3. The summed E-state index contributed by atoms with van der Waals surface area (Å²) in [6.45, 7) is -0.156. The summed E-state index contributed by atoms with van der Waals surface area (Å²) in [6.07, 6.45) is -0.0588. The van der Waals surface area contributed by atoms with Crippen LogP contribution < -0.4 is 0 Å². The molecule has 2 N–H and O–H groups in total. The molecule has 0 spiro atoms. The maximum absolute atomic E-state index is 10.2. The Morgan fingerprint density at radius 3 is 3.00 bits per heavy atom. The molecule has 0 saturated carbocycles. The lowest BCUT2D eigenvalue weighted by Crippen LogP contribution is -2.25. The fourth-order valence-electron chi connectivity index (χ4n) is 0.778. The second kappa shape index (κ2) is 3.69. The van der Waals surface area contributed by atoms with E-state index in [0.29, 0.717) is 0 Å². The Labute approximate surface area is 73.6 Å². The van der Waals surface area contributed by atoms with Crippen molar-refractivity contribution < 1.29 is 15.0 Å². The first-order valence-electron chi connectivity index (χ1n) is 3.48. The molecule has 6 heteroatoms. The number of nitriles is 1. The third kappa shape index (κ3) is 2.28. The summed E-state index contributed by atoms with van der Waals surface area (Å²) in [5.41, 5.74) is 0.192. The van der Waals surface area contributed by atoms with Crippen molar-refractivity contribution in [3.05, 3.63) is 18.0 Å². The van der Waals surface area contributed by atoms with E-state index in [4.69, 9.17) is 15.5 Å². The number of carbonyl (C=O) groups is 1. The van der Waals surface area contributed by atoms with Gasteiger partial charge in [0.25, 0.3) is 0 Å². The number of carboxylic acids is 1. The van der Waals surface area contributed by atoms with Gasteiger partial charge in [0.05, 0.1) is 6.54 Å². The number of hydrogen-bond donors (Lipinski definition) is 2. The number of aromatic nitrogens is 2. The van der Waals surface area contributed by atoms with Crippen LogP contribution in [0.4, 0.5) is 0 Å². The highest BCUT2D eigenvalue weighted by Crippen LogP contribution is 1.95. The SMILES string of the molecule is N#Cc1ccn(CC(O)C(=O)O)n1. The average Bonchev–Trinajstić information content (AvgIpc) is 2.52. The van der Waals surface area contributed by atoms with E-state index in [1.165, 1.54) is 16.9 Å². The quantitative estimate of drug-likeness (QED) is 0.636. The summed E-state index contributed by atoms with van der Waals surface area (Å²) >= 11 is 0. The number of carboxylic acid groups (broad SMARTS) is 1. The van der Waals surface area contributed by atoms with Gasteiger partial charge in [0.1, 0.15) is 6.07 Å². The number of aliphatic hydroxyl groups excluding tert-OH is 1. The molecule has 0 aliphatic carbocycles. The van der Waals surface area contributed by atoms with Crippen LogP contribution in [0, 0.1) is 11.3 Å². The van der Waals surface area contributed by atoms with E-state index in [2.05, 4.69) is 5.10 Å². The molecule has 0 amide bonds. The molecule has 13 heavy (non-hydrogen) atoms. The Morgan fingerprint density at radius 1 is 1.85 bits per heavy atom. The number of hydrogen-bond acceptors (Lipinski definition) is 4. The summed E-state index contributed by atoms with van der Waals surface area (Å²) in [6, 6.07) is 3.23. The highest BCUT2D eigenvalue weighted by molar-refractivity contribution is 5.71. The molecule has 0 aliphatic rings. The lowest BCUT2D eigenvalue weighted by molar-refractivity contribution is -0.147. The summed E-state index contributed by atoms with van der Waals surface area (Å²) in [5, 5.41) is 29.3. The fourth-order valence-corrected chi connectivity index (χ4v) is 0.778. The van der Waals surface area contributed by atoms with E-state index in [1.54, 1.807) is 6.07 Å². The summed E-state index contributed by atoms with van der Waals surface area (Å²) < 4.78 is 1.21. The Kier molecular flexibility index (Phi) is 2.62. The fraction of sp³-hybridized carbons (Fsp3) is 0.286. The third-order valence-corrected chi connectivity index (χ3v) is 1.40. The van der Waals surface area contributed by atoms with Crippen molar-refractivity contribution in [2.75, 3.05) is 0 Å². The molecule has 6 nitrogen and oxygen atoms in total. The van der Waals surface area contributed by atoms with Gasteiger partial charge < -0.3 is 10.2 Å². The van der Waals surface area contributed by atoms with Crippen molar-refractivity contribution in [1.29, 1.82) is 5.26 Å². The van der Waals surface area contributed by atoms with Gasteiger partial charge in [0.15, 0.2) is 11.8 Å². The van der Waals surface area contributed by atoms with Gasteiger partial charge >= 0.3 is 5.97 Å². The monoisotopic (exact) mass is 181 g/mol. The van der Waals surface area contributed by atoms with Crippen molar-refractivity contribution in [2.45, 2.75) is 12.6 Å². The van der Waals surface area contributed by atoms with E-state index in [0.717, 1.165) is 0 Å². The first kappa shape index (κ1) is 9.22. The molecule has 1 rings (SSSR count). The number of rotatable bonds is 3. The Morgan fingerprint density at radius 2 is 2.54 bits per heavy atom. The molecule has 0 radical (unpaired) electrons. The van der Waals surface area contributed by atoms with E-state index < -0.39 is 12.1 Å². The molecule has 1 unspecified atom stereocenters. The molecule has 68 valence electrons. The molecule has 1 atom stereocenters. The molecule has 1 aromatic heterocycles. The first-order valence-corrected chi connectivity index (χ1v) is 3.48. The zero-order chi connectivity index (χ0) is 9.84. The van der Waals surface area contributed by atoms with Crippen molar-refractivity contribution in [3.8, 4) is 6.07 Å². The highest BCUT2D eigenvalue weighted by Gasteiger charge is 2.13. The largest absolute Gasteiger partial charge is 0.479 e. The highest BCUT2D eigenvalue weighted by atomic mass is 16.4. The Hall–Kier alpha value is -1.87. The second-order valence-corrected chi connectivity index (χ2v) is 2.39. The van der Waals surface area contributed by atoms with Crippen LogP contribution in [0.1, 0.15) is 5.69 Å². The van der Waals surface area contributed by atoms with Crippen LogP contribution in [0.3, 0.4) is 0 Å². The van der Waals surface area contributed by atoms with Gasteiger partial charge in [-0.15, -0.1) is 0 Å².